The predicted octanol–water partition coefficient (Wildman–Crippen LogP) is 2.46. The van der Waals surface area contributed by atoms with Crippen molar-refractivity contribution in [3.8, 4) is 0 Å². The molecule has 0 aliphatic heterocycles. The minimum atomic E-state index is -1.000. The summed E-state index contributed by atoms with van der Waals surface area (Å²) in [5, 5.41) is 21.7. The van der Waals surface area contributed by atoms with Crippen LogP contribution < -0.4 is 5.32 Å². The maximum atomic E-state index is 12.6. The highest BCUT2D eigenvalue weighted by Crippen LogP contribution is 2.30. The Morgan fingerprint density at radius 2 is 2.08 bits per heavy atom. The second-order valence-electron chi connectivity index (χ2n) is 7.59. The van der Waals surface area contributed by atoms with Crippen molar-refractivity contribution >= 4 is 5.91 Å². The first-order valence-corrected chi connectivity index (χ1v) is 9.05. The number of aliphatic hydroxyl groups is 1. The van der Waals surface area contributed by atoms with Crippen molar-refractivity contribution in [1.82, 2.24) is 20.3 Å². The van der Waals surface area contributed by atoms with E-state index in [1.165, 1.54) is 0 Å². The molecule has 0 radical (unpaired) electrons. The third-order valence-corrected chi connectivity index (χ3v) is 5.17. The zero-order valence-electron chi connectivity index (χ0n) is 14.6. The molecule has 1 aromatic heterocycles. The molecular formula is C18H28N4O2. The van der Waals surface area contributed by atoms with Crippen molar-refractivity contribution in [2.75, 3.05) is 0 Å². The third-order valence-electron chi connectivity index (χ3n) is 5.17. The van der Waals surface area contributed by atoms with Gasteiger partial charge in [0.05, 0.1) is 18.3 Å². The summed E-state index contributed by atoms with van der Waals surface area (Å²) in [6.07, 6.45) is 13.0. The summed E-state index contributed by atoms with van der Waals surface area (Å²) in [5.74, 6) is 0.263. The molecule has 0 spiro atoms. The van der Waals surface area contributed by atoms with Gasteiger partial charge in [-0.1, -0.05) is 30.2 Å². The van der Waals surface area contributed by atoms with Gasteiger partial charge in [0.1, 0.15) is 11.3 Å². The lowest BCUT2D eigenvalue weighted by Gasteiger charge is -2.33. The smallest absolute Gasteiger partial charge is 0.223 e. The second-order valence-corrected chi connectivity index (χ2v) is 7.59. The SMILES string of the molecule is CC(C)(O)c1cn([C@@H]2CCCC[C@@H]2NC(=O)[C@H]2CC=CCC2)nn1. The Labute approximate surface area is 143 Å². The third kappa shape index (κ3) is 3.86. The molecule has 1 fully saturated rings. The van der Waals surface area contributed by atoms with E-state index < -0.39 is 5.60 Å². The summed E-state index contributed by atoms with van der Waals surface area (Å²) in [4.78, 5) is 12.6. The first kappa shape index (κ1) is 17.1. The minimum Gasteiger partial charge on any atom is -0.384 e. The standard InChI is InChI=1S/C18H28N4O2/c1-18(2,24)16-12-22(21-20-16)15-11-7-6-10-14(15)19-17(23)13-8-4-3-5-9-13/h3-4,12-15,24H,5-11H2,1-2H3,(H,19,23)/t13-,14-,15+/m0/s1. The van der Waals surface area contributed by atoms with Crippen molar-refractivity contribution < 1.29 is 9.90 Å². The molecule has 2 N–H and O–H groups in total. The molecule has 1 saturated carbocycles. The normalized spacial score (nSPS) is 27.9. The largest absolute Gasteiger partial charge is 0.384 e. The molecule has 24 heavy (non-hydrogen) atoms. The number of allylic oxidation sites excluding steroid dienone is 2. The van der Waals surface area contributed by atoms with Crippen LogP contribution in [-0.4, -0.2) is 32.0 Å². The molecule has 1 amide bonds. The fraction of sp³-hybridized carbons (Fsp3) is 0.722. The highest BCUT2D eigenvalue weighted by atomic mass is 16.3. The Hall–Kier alpha value is -1.69. The van der Waals surface area contributed by atoms with Gasteiger partial charge in [-0.3, -0.25) is 4.79 Å². The number of aromatic nitrogens is 3. The van der Waals surface area contributed by atoms with Crippen LogP contribution >= 0.6 is 0 Å². The van der Waals surface area contributed by atoms with E-state index in [9.17, 15) is 9.90 Å². The van der Waals surface area contributed by atoms with E-state index in [0.29, 0.717) is 5.69 Å². The Bertz CT molecular complexity index is 602. The van der Waals surface area contributed by atoms with Gasteiger partial charge < -0.3 is 10.4 Å². The van der Waals surface area contributed by atoms with Crippen LogP contribution in [0.4, 0.5) is 0 Å². The number of carbonyl (C=O) groups is 1. The summed E-state index contributed by atoms with van der Waals surface area (Å²) < 4.78 is 1.83. The fourth-order valence-corrected chi connectivity index (χ4v) is 3.65. The van der Waals surface area contributed by atoms with Gasteiger partial charge in [0, 0.05) is 5.92 Å². The molecule has 132 valence electrons. The Morgan fingerprint density at radius 3 is 2.75 bits per heavy atom. The molecule has 2 aliphatic rings. The number of nitrogens with zero attached hydrogens (tertiary/aromatic N) is 3. The molecule has 0 aromatic carbocycles. The second kappa shape index (κ2) is 7.05. The summed E-state index contributed by atoms with van der Waals surface area (Å²) in [7, 11) is 0. The van der Waals surface area contributed by atoms with Crippen LogP contribution in [0, 0.1) is 5.92 Å². The van der Waals surface area contributed by atoms with E-state index in [-0.39, 0.29) is 23.9 Å². The van der Waals surface area contributed by atoms with Gasteiger partial charge in [-0.05, 0) is 46.0 Å². The Balaban J connectivity index is 1.70. The van der Waals surface area contributed by atoms with E-state index >= 15 is 0 Å². The number of carbonyl (C=O) groups excluding carboxylic acids is 1. The van der Waals surface area contributed by atoms with Crippen molar-refractivity contribution in [1.29, 1.82) is 0 Å². The van der Waals surface area contributed by atoms with Gasteiger partial charge >= 0.3 is 0 Å². The number of rotatable bonds is 4. The van der Waals surface area contributed by atoms with Gasteiger partial charge in [0.15, 0.2) is 0 Å². The van der Waals surface area contributed by atoms with Gasteiger partial charge in [-0.25, -0.2) is 4.68 Å². The molecule has 6 nitrogen and oxygen atoms in total. The monoisotopic (exact) mass is 332 g/mol. The van der Waals surface area contributed by atoms with Gasteiger partial charge in [-0.15, -0.1) is 5.10 Å². The molecule has 6 heteroatoms. The van der Waals surface area contributed by atoms with Crippen molar-refractivity contribution in [3.63, 3.8) is 0 Å². The molecule has 0 saturated heterocycles. The van der Waals surface area contributed by atoms with Crippen LogP contribution in [0.25, 0.3) is 0 Å². The maximum absolute atomic E-state index is 12.6. The molecule has 0 bridgehead atoms. The van der Waals surface area contributed by atoms with Crippen LogP contribution in [0.15, 0.2) is 18.3 Å². The lowest BCUT2D eigenvalue weighted by molar-refractivity contribution is -0.126. The minimum absolute atomic E-state index is 0.0912. The molecule has 1 aromatic rings. The summed E-state index contributed by atoms with van der Waals surface area (Å²) in [6.45, 7) is 3.41. The quantitative estimate of drug-likeness (QED) is 0.830. The Kier molecular flexibility index (Phi) is 5.04. The van der Waals surface area contributed by atoms with Crippen LogP contribution in [0.5, 0.6) is 0 Å². The molecule has 1 heterocycles. The molecule has 3 atom stereocenters. The first-order chi connectivity index (χ1) is 11.4. The fourth-order valence-electron chi connectivity index (χ4n) is 3.65. The summed E-state index contributed by atoms with van der Waals surface area (Å²) in [6, 6.07) is 0.207. The molecule has 0 unspecified atom stereocenters. The van der Waals surface area contributed by atoms with E-state index in [1.54, 1.807) is 13.8 Å². The van der Waals surface area contributed by atoms with E-state index in [1.807, 2.05) is 10.9 Å². The zero-order valence-corrected chi connectivity index (χ0v) is 14.6. The highest BCUT2D eigenvalue weighted by Gasteiger charge is 2.32. The van der Waals surface area contributed by atoms with Gasteiger partial charge in [-0.2, -0.15) is 0 Å². The number of nitrogens with one attached hydrogen (secondary N) is 1. The lowest BCUT2D eigenvalue weighted by atomic mass is 9.88. The van der Waals surface area contributed by atoms with E-state index in [2.05, 4.69) is 27.8 Å². The first-order valence-electron chi connectivity index (χ1n) is 9.05. The van der Waals surface area contributed by atoms with E-state index in [0.717, 1.165) is 44.9 Å². The average Bonchev–Trinajstić information content (AvgIpc) is 3.06. The van der Waals surface area contributed by atoms with Crippen molar-refractivity contribution in [2.24, 2.45) is 5.92 Å². The van der Waals surface area contributed by atoms with Crippen molar-refractivity contribution in [2.45, 2.75) is 76.5 Å². The maximum Gasteiger partial charge on any atom is 0.223 e. The number of hydrogen-bond acceptors (Lipinski definition) is 4. The van der Waals surface area contributed by atoms with Gasteiger partial charge in [0.25, 0.3) is 0 Å². The molecular weight excluding hydrogens is 304 g/mol. The average molecular weight is 332 g/mol. The number of hydrogen-bond donors (Lipinski definition) is 2. The summed E-state index contributed by atoms with van der Waals surface area (Å²) in [5.41, 5.74) is -0.435. The highest BCUT2D eigenvalue weighted by molar-refractivity contribution is 5.79. The Morgan fingerprint density at radius 1 is 1.29 bits per heavy atom. The van der Waals surface area contributed by atoms with Crippen LogP contribution in [0.3, 0.4) is 0 Å². The van der Waals surface area contributed by atoms with Crippen LogP contribution in [0.1, 0.15) is 70.5 Å². The molecule has 3 rings (SSSR count). The zero-order chi connectivity index (χ0) is 17.2. The summed E-state index contributed by atoms with van der Waals surface area (Å²) >= 11 is 0. The molecule has 2 aliphatic carbocycles. The predicted molar refractivity (Wildman–Crippen MR) is 91.2 cm³/mol. The van der Waals surface area contributed by atoms with Gasteiger partial charge in [0.2, 0.25) is 5.91 Å². The van der Waals surface area contributed by atoms with Crippen LogP contribution in [0.2, 0.25) is 0 Å². The topological polar surface area (TPSA) is 80.0 Å². The van der Waals surface area contributed by atoms with Crippen molar-refractivity contribution in [3.05, 3.63) is 24.0 Å². The lowest BCUT2D eigenvalue weighted by Crippen LogP contribution is -2.45. The van der Waals surface area contributed by atoms with E-state index in [4.69, 9.17) is 0 Å². The number of amides is 1. The van der Waals surface area contributed by atoms with Crippen LogP contribution in [-0.2, 0) is 10.4 Å².